The van der Waals surface area contributed by atoms with Crippen molar-refractivity contribution in [3.63, 3.8) is 0 Å². The maximum atomic E-state index is 13.4. The van der Waals surface area contributed by atoms with E-state index in [2.05, 4.69) is 15.9 Å². The standard InChI is InChI=1S/C14H11BrFNO2/c1-19-13-7-12(16)11(15)6-10(13)14(18)8-2-4-9(17)5-3-8/h2-7H,17H2,1H3. The molecule has 0 radical (unpaired) electrons. The Morgan fingerprint density at radius 2 is 1.89 bits per heavy atom. The van der Waals surface area contributed by atoms with Gasteiger partial charge in [0.2, 0.25) is 0 Å². The summed E-state index contributed by atoms with van der Waals surface area (Å²) in [4.78, 5) is 12.3. The number of ketones is 1. The second-order valence-electron chi connectivity index (χ2n) is 3.92. The van der Waals surface area contributed by atoms with E-state index in [9.17, 15) is 9.18 Å². The van der Waals surface area contributed by atoms with Crippen molar-refractivity contribution in [2.75, 3.05) is 12.8 Å². The molecular weight excluding hydrogens is 313 g/mol. The SMILES string of the molecule is COc1cc(F)c(Br)cc1C(=O)c1ccc(N)cc1. The Hall–Kier alpha value is -1.88. The molecule has 0 aliphatic carbocycles. The summed E-state index contributed by atoms with van der Waals surface area (Å²) in [6.45, 7) is 0. The van der Waals surface area contributed by atoms with Crippen molar-refractivity contribution < 1.29 is 13.9 Å². The van der Waals surface area contributed by atoms with Crippen LogP contribution < -0.4 is 10.5 Å². The van der Waals surface area contributed by atoms with Crippen molar-refractivity contribution in [3.05, 3.63) is 57.8 Å². The minimum Gasteiger partial charge on any atom is -0.496 e. The molecule has 0 amide bonds. The zero-order valence-electron chi connectivity index (χ0n) is 10.1. The summed E-state index contributed by atoms with van der Waals surface area (Å²) in [5.74, 6) is -0.536. The number of carbonyl (C=O) groups excluding carboxylic acids is 1. The van der Waals surface area contributed by atoms with Gasteiger partial charge in [0, 0.05) is 17.3 Å². The molecule has 0 fully saturated rings. The predicted octanol–water partition coefficient (Wildman–Crippen LogP) is 3.41. The third kappa shape index (κ3) is 2.76. The highest BCUT2D eigenvalue weighted by Gasteiger charge is 2.17. The molecule has 0 saturated heterocycles. The van der Waals surface area contributed by atoms with Crippen LogP contribution in [-0.2, 0) is 0 Å². The summed E-state index contributed by atoms with van der Waals surface area (Å²) in [7, 11) is 1.39. The third-order valence-electron chi connectivity index (χ3n) is 2.66. The number of methoxy groups -OCH3 is 1. The predicted molar refractivity (Wildman–Crippen MR) is 74.9 cm³/mol. The molecule has 0 heterocycles. The monoisotopic (exact) mass is 323 g/mol. The first-order chi connectivity index (χ1) is 9.02. The van der Waals surface area contributed by atoms with E-state index in [1.54, 1.807) is 24.3 Å². The average molecular weight is 324 g/mol. The summed E-state index contributed by atoms with van der Waals surface area (Å²) >= 11 is 3.06. The fourth-order valence-electron chi connectivity index (χ4n) is 1.66. The van der Waals surface area contributed by atoms with Crippen molar-refractivity contribution in [3.8, 4) is 5.75 Å². The van der Waals surface area contributed by atoms with Gasteiger partial charge in [-0.3, -0.25) is 4.79 Å². The van der Waals surface area contributed by atoms with E-state index in [0.29, 0.717) is 16.8 Å². The molecule has 0 bridgehead atoms. The Balaban J connectivity index is 2.49. The molecule has 0 aliphatic rings. The Morgan fingerprint density at radius 1 is 1.26 bits per heavy atom. The highest BCUT2D eigenvalue weighted by atomic mass is 79.9. The number of benzene rings is 2. The highest BCUT2D eigenvalue weighted by molar-refractivity contribution is 9.10. The van der Waals surface area contributed by atoms with Crippen LogP contribution in [0.4, 0.5) is 10.1 Å². The molecule has 2 N–H and O–H groups in total. The van der Waals surface area contributed by atoms with Gasteiger partial charge in [-0.05, 0) is 46.3 Å². The number of hydrogen-bond acceptors (Lipinski definition) is 3. The minimum absolute atomic E-state index is 0.197. The number of hydrogen-bond donors (Lipinski definition) is 1. The van der Waals surface area contributed by atoms with E-state index in [4.69, 9.17) is 10.5 Å². The Labute approximate surface area is 118 Å². The van der Waals surface area contributed by atoms with Gasteiger partial charge in [0.25, 0.3) is 0 Å². The number of anilines is 1. The van der Waals surface area contributed by atoms with E-state index in [-0.39, 0.29) is 16.0 Å². The average Bonchev–Trinajstić information content (AvgIpc) is 2.41. The van der Waals surface area contributed by atoms with Crippen LogP contribution in [0.25, 0.3) is 0 Å². The van der Waals surface area contributed by atoms with Crippen molar-refractivity contribution >= 4 is 27.4 Å². The summed E-state index contributed by atoms with van der Waals surface area (Å²) in [5, 5.41) is 0. The third-order valence-corrected chi connectivity index (χ3v) is 3.27. The summed E-state index contributed by atoms with van der Waals surface area (Å²) in [5.41, 5.74) is 6.90. The van der Waals surface area contributed by atoms with Gasteiger partial charge >= 0.3 is 0 Å². The summed E-state index contributed by atoms with van der Waals surface area (Å²) in [6, 6.07) is 9.10. The molecule has 19 heavy (non-hydrogen) atoms. The van der Waals surface area contributed by atoms with Crippen LogP contribution in [0.1, 0.15) is 15.9 Å². The Morgan fingerprint density at radius 3 is 2.47 bits per heavy atom. The lowest BCUT2D eigenvalue weighted by molar-refractivity contribution is 0.103. The van der Waals surface area contributed by atoms with Crippen LogP contribution in [0.15, 0.2) is 40.9 Å². The maximum Gasteiger partial charge on any atom is 0.196 e. The number of rotatable bonds is 3. The van der Waals surface area contributed by atoms with Gasteiger partial charge in [0.05, 0.1) is 17.1 Å². The molecule has 5 heteroatoms. The van der Waals surface area contributed by atoms with Crippen molar-refractivity contribution in [2.45, 2.75) is 0 Å². The lowest BCUT2D eigenvalue weighted by Gasteiger charge is -2.09. The van der Waals surface area contributed by atoms with E-state index in [1.165, 1.54) is 19.2 Å². The normalized spacial score (nSPS) is 10.3. The van der Waals surface area contributed by atoms with Crippen molar-refractivity contribution in [1.29, 1.82) is 0 Å². The molecule has 0 saturated carbocycles. The zero-order valence-corrected chi connectivity index (χ0v) is 11.7. The largest absolute Gasteiger partial charge is 0.496 e. The second-order valence-corrected chi connectivity index (χ2v) is 4.77. The molecule has 0 unspecified atom stereocenters. The molecule has 98 valence electrons. The van der Waals surface area contributed by atoms with Gasteiger partial charge in [0.15, 0.2) is 5.78 Å². The molecule has 0 aliphatic heterocycles. The van der Waals surface area contributed by atoms with Gasteiger partial charge in [-0.2, -0.15) is 0 Å². The minimum atomic E-state index is -0.481. The fourth-order valence-corrected chi connectivity index (χ4v) is 2.01. The van der Waals surface area contributed by atoms with Gasteiger partial charge in [-0.25, -0.2) is 4.39 Å². The van der Waals surface area contributed by atoms with E-state index < -0.39 is 5.82 Å². The summed E-state index contributed by atoms with van der Waals surface area (Å²) in [6.07, 6.45) is 0. The van der Waals surface area contributed by atoms with E-state index in [1.807, 2.05) is 0 Å². The van der Waals surface area contributed by atoms with Crippen molar-refractivity contribution in [1.82, 2.24) is 0 Å². The van der Waals surface area contributed by atoms with Gasteiger partial charge in [-0.1, -0.05) is 0 Å². The van der Waals surface area contributed by atoms with Crippen LogP contribution in [0.5, 0.6) is 5.75 Å². The molecule has 0 aromatic heterocycles. The Kier molecular flexibility index (Phi) is 3.85. The first-order valence-corrected chi connectivity index (χ1v) is 6.25. The number of ether oxygens (including phenoxy) is 1. The number of halogens is 2. The van der Waals surface area contributed by atoms with Crippen LogP contribution in [0.3, 0.4) is 0 Å². The van der Waals surface area contributed by atoms with Gasteiger partial charge < -0.3 is 10.5 Å². The molecule has 2 rings (SSSR count). The summed E-state index contributed by atoms with van der Waals surface area (Å²) < 4.78 is 18.7. The zero-order chi connectivity index (χ0) is 14.0. The maximum absolute atomic E-state index is 13.4. The molecule has 2 aromatic carbocycles. The van der Waals surface area contributed by atoms with Crippen LogP contribution in [-0.4, -0.2) is 12.9 Å². The van der Waals surface area contributed by atoms with Gasteiger partial charge in [0.1, 0.15) is 11.6 Å². The number of nitrogens with two attached hydrogens (primary N) is 1. The smallest absolute Gasteiger partial charge is 0.196 e. The van der Waals surface area contributed by atoms with Crippen LogP contribution in [0.2, 0.25) is 0 Å². The molecule has 2 aromatic rings. The molecule has 0 atom stereocenters. The lowest BCUT2D eigenvalue weighted by atomic mass is 10.0. The Bertz CT molecular complexity index is 626. The first kappa shape index (κ1) is 13.5. The molecular formula is C14H11BrFNO2. The second kappa shape index (κ2) is 5.40. The van der Waals surface area contributed by atoms with Crippen LogP contribution in [0, 0.1) is 5.82 Å². The lowest BCUT2D eigenvalue weighted by Crippen LogP contribution is -2.05. The van der Waals surface area contributed by atoms with Crippen molar-refractivity contribution in [2.24, 2.45) is 0 Å². The van der Waals surface area contributed by atoms with E-state index >= 15 is 0 Å². The molecule has 3 nitrogen and oxygen atoms in total. The van der Waals surface area contributed by atoms with Crippen LogP contribution >= 0.6 is 15.9 Å². The van der Waals surface area contributed by atoms with Gasteiger partial charge in [-0.15, -0.1) is 0 Å². The topological polar surface area (TPSA) is 52.3 Å². The fraction of sp³-hybridized carbons (Fsp3) is 0.0714. The number of carbonyl (C=O) groups is 1. The van der Waals surface area contributed by atoms with E-state index in [0.717, 1.165) is 0 Å². The number of nitrogen functional groups attached to an aromatic ring is 1. The highest BCUT2D eigenvalue weighted by Crippen LogP contribution is 2.28. The first-order valence-electron chi connectivity index (χ1n) is 5.46. The quantitative estimate of drug-likeness (QED) is 0.695. The molecule has 0 spiro atoms.